The average molecular weight is 378 g/mol. The predicted octanol–water partition coefficient (Wildman–Crippen LogP) is -7.05. The molecule has 2 rings (SSSR count). The number of ether oxygens (including phenoxy) is 3. The first-order valence-corrected chi connectivity index (χ1v) is 7.08. The molecular formula is C12H26O13. The van der Waals surface area contributed by atoms with Crippen molar-refractivity contribution in [2.24, 2.45) is 0 Å². The maximum absolute atomic E-state index is 9.94. The van der Waals surface area contributed by atoms with E-state index in [9.17, 15) is 35.7 Å². The number of rotatable bonds is 4. The highest BCUT2D eigenvalue weighted by atomic mass is 16.7. The van der Waals surface area contributed by atoms with Crippen LogP contribution in [0.5, 0.6) is 0 Å². The van der Waals surface area contributed by atoms with Gasteiger partial charge in [-0.15, -0.1) is 0 Å². The zero-order valence-corrected chi connectivity index (χ0v) is 13.0. The molecule has 2 aliphatic rings. The molecule has 0 radical (unpaired) electrons. The summed E-state index contributed by atoms with van der Waals surface area (Å²) in [5.74, 6) is 0. The van der Waals surface area contributed by atoms with Crippen LogP contribution in [0.25, 0.3) is 0 Å². The lowest BCUT2D eigenvalue weighted by atomic mass is 9.97. The van der Waals surface area contributed by atoms with Crippen molar-refractivity contribution in [3.05, 3.63) is 0 Å². The lowest BCUT2D eigenvalue weighted by molar-refractivity contribution is -0.355. The fourth-order valence-corrected chi connectivity index (χ4v) is 2.57. The third-order valence-corrected chi connectivity index (χ3v) is 3.98. The van der Waals surface area contributed by atoms with E-state index in [-0.39, 0.29) is 11.0 Å². The molecule has 2 fully saturated rings. The summed E-state index contributed by atoms with van der Waals surface area (Å²) in [5, 5.41) is 76.5. The third-order valence-electron chi connectivity index (χ3n) is 3.98. The second-order valence-corrected chi connectivity index (χ2v) is 5.53. The zero-order valence-electron chi connectivity index (χ0n) is 13.0. The molecule has 1 unspecified atom stereocenters. The molecule has 13 nitrogen and oxygen atoms in total. The normalized spacial score (nSPS) is 47.5. The van der Waals surface area contributed by atoms with Gasteiger partial charge in [-0.1, -0.05) is 0 Å². The van der Waals surface area contributed by atoms with Crippen molar-refractivity contribution in [2.45, 2.75) is 61.4 Å². The van der Waals surface area contributed by atoms with Gasteiger partial charge in [0.25, 0.3) is 0 Å². The summed E-state index contributed by atoms with van der Waals surface area (Å²) >= 11 is 0. The van der Waals surface area contributed by atoms with Crippen LogP contribution in [0.4, 0.5) is 0 Å². The second kappa shape index (κ2) is 9.98. The van der Waals surface area contributed by atoms with Crippen LogP contribution in [0.3, 0.4) is 0 Å². The van der Waals surface area contributed by atoms with Gasteiger partial charge >= 0.3 is 0 Å². The van der Waals surface area contributed by atoms with E-state index in [4.69, 9.17) is 19.3 Å². The Morgan fingerprint density at radius 1 is 0.640 bits per heavy atom. The minimum absolute atomic E-state index is 0. The number of hydrogen-bond donors (Lipinski definition) is 8. The lowest BCUT2D eigenvalue weighted by Gasteiger charge is -2.45. The quantitative estimate of drug-likeness (QED) is 0.228. The molecule has 10 atom stereocenters. The van der Waals surface area contributed by atoms with Crippen molar-refractivity contribution in [1.82, 2.24) is 0 Å². The minimum atomic E-state index is -1.74. The van der Waals surface area contributed by atoms with Gasteiger partial charge in [0.15, 0.2) is 12.6 Å². The van der Waals surface area contributed by atoms with Crippen LogP contribution in [-0.4, -0.2) is 126 Å². The van der Waals surface area contributed by atoms with E-state index in [1.165, 1.54) is 0 Å². The van der Waals surface area contributed by atoms with Gasteiger partial charge in [-0.25, -0.2) is 0 Å². The van der Waals surface area contributed by atoms with Crippen molar-refractivity contribution < 1.29 is 66.0 Å². The Balaban J connectivity index is 0.00000288. The summed E-state index contributed by atoms with van der Waals surface area (Å²) in [6.45, 7) is -1.35. The molecule has 13 heteroatoms. The molecule has 2 heterocycles. The summed E-state index contributed by atoms with van der Waals surface area (Å²) in [7, 11) is 0. The smallest absolute Gasteiger partial charge is 0.187 e. The van der Waals surface area contributed by atoms with Crippen LogP contribution in [0, 0.1) is 0 Å². The Bertz CT molecular complexity index is 380. The molecule has 0 saturated carbocycles. The van der Waals surface area contributed by atoms with Crippen molar-refractivity contribution in [1.29, 1.82) is 0 Å². The van der Waals surface area contributed by atoms with Gasteiger partial charge in [-0.05, 0) is 0 Å². The molecule has 152 valence electrons. The Morgan fingerprint density at radius 2 is 1.20 bits per heavy atom. The van der Waals surface area contributed by atoms with Crippen LogP contribution in [0.2, 0.25) is 0 Å². The van der Waals surface area contributed by atoms with E-state index >= 15 is 0 Å². The van der Waals surface area contributed by atoms with Gasteiger partial charge in [-0.2, -0.15) is 0 Å². The Morgan fingerprint density at radius 3 is 1.72 bits per heavy atom. The number of aliphatic hydroxyl groups excluding tert-OH is 8. The van der Waals surface area contributed by atoms with Crippen LogP contribution in [0.15, 0.2) is 0 Å². The molecular weight excluding hydrogens is 352 g/mol. The number of hydrogen-bond acceptors (Lipinski definition) is 11. The summed E-state index contributed by atoms with van der Waals surface area (Å²) in [6, 6.07) is 0. The highest BCUT2D eigenvalue weighted by Gasteiger charge is 2.50. The lowest BCUT2D eigenvalue weighted by Crippen LogP contribution is -2.64. The largest absolute Gasteiger partial charge is 0.412 e. The van der Waals surface area contributed by atoms with Gasteiger partial charge in [0.05, 0.1) is 13.2 Å². The Labute approximate surface area is 141 Å². The van der Waals surface area contributed by atoms with Crippen LogP contribution >= 0.6 is 0 Å². The van der Waals surface area contributed by atoms with Gasteiger partial charge in [0, 0.05) is 0 Å². The molecule has 2 aliphatic heterocycles. The van der Waals surface area contributed by atoms with Gasteiger partial charge in [0.2, 0.25) is 0 Å². The Kier molecular flexibility index (Phi) is 9.77. The average Bonchev–Trinajstić information content (AvgIpc) is 2.55. The summed E-state index contributed by atoms with van der Waals surface area (Å²) in [6.07, 6.45) is -15.6. The maximum Gasteiger partial charge on any atom is 0.187 e. The fraction of sp³-hybridized carbons (Fsp3) is 1.00. The predicted molar refractivity (Wildman–Crippen MR) is 75.8 cm³/mol. The zero-order chi connectivity index (χ0) is 17.3. The van der Waals surface area contributed by atoms with Gasteiger partial charge < -0.3 is 66.0 Å². The summed E-state index contributed by atoms with van der Waals surface area (Å²) in [4.78, 5) is 0. The van der Waals surface area contributed by atoms with E-state index < -0.39 is 74.6 Å². The van der Waals surface area contributed by atoms with Crippen LogP contribution in [-0.2, 0) is 14.2 Å². The van der Waals surface area contributed by atoms with E-state index in [2.05, 4.69) is 0 Å². The fourth-order valence-electron chi connectivity index (χ4n) is 2.57. The van der Waals surface area contributed by atoms with Crippen molar-refractivity contribution in [3.8, 4) is 0 Å². The molecule has 0 bridgehead atoms. The second-order valence-electron chi connectivity index (χ2n) is 5.53. The molecule has 12 N–H and O–H groups in total. The standard InChI is InChI=1S/C12H22O11.2H2O/c13-1-3-5(15)6(16)9(19)12(22-3)23-10-4(2-14)21-11(20)8(18)7(10)17;;/h3-20H,1-2H2;2*1H2/t3-,4-,5+,6+,7-,8-,9-,10-,11?,12+;;/m1../s1. The van der Waals surface area contributed by atoms with Crippen molar-refractivity contribution >= 4 is 0 Å². The summed E-state index contributed by atoms with van der Waals surface area (Å²) < 4.78 is 15.3. The van der Waals surface area contributed by atoms with Crippen LogP contribution in [0.1, 0.15) is 0 Å². The highest BCUT2D eigenvalue weighted by molar-refractivity contribution is 4.93. The molecule has 0 aromatic carbocycles. The van der Waals surface area contributed by atoms with E-state index in [1.54, 1.807) is 0 Å². The molecule has 0 aromatic heterocycles. The molecule has 2 saturated heterocycles. The molecule has 0 amide bonds. The molecule has 25 heavy (non-hydrogen) atoms. The molecule has 0 aromatic rings. The maximum atomic E-state index is 9.94. The van der Waals surface area contributed by atoms with E-state index in [0.717, 1.165) is 0 Å². The van der Waals surface area contributed by atoms with E-state index in [1.807, 2.05) is 0 Å². The Hall–Kier alpha value is -0.520. The van der Waals surface area contributed by atoms with Crippen LogP contribution < -0.4 is 0 Å². The van der Waals surface area contributed by atoms with Gasteiger partial charge in [-0.3, -0.25) is 0 Å². The van der Waals surface area contributed by atoms with Crippen molar-refractivity contribution in [3.63, 3.8) is 0 Å². The number of aliphatic hydroxyl groups is 8. The first-order chi connectivity index (χ1) is 10.8. The third kappa shape index (κ3) is 4.81. The molecule has 0 spiro atoms. The first-order valence-electron chi connectivity index (χ1n) is 7.08. The highest BCUT2D eigenvalue weighted by Crippen LogP contribution is 2.28. The monoisotopic (exact) mass is 378 g/mol. The topological polar surface area (TPSA) is 253 Å². The minimum Gasteiger partial charge on any atom is -0.412 e. The van der Waals surface area contributed by atoms with E-state index in [0.29, 0.717) is 0 Å². The first kappa shape index (κ1) is 24.5. The molecule has 0 aliphatic carbocycles. The van der Waals surface area contributed by atoms with Gasteiger partial charge in [0.1, 0.15) is 48.8 Å². The van der Waals surface area contributed by atoms with Crippen molar-refractivity contribution in [2.75, 3.05) is 13.2 Å². The summed E-state index contributed by atoms with van der Waals surface area (Å²) in [5.41, 5.74) is 0. The SMILES string of the molecule is O.O.OC[C@H]1O[C@@H](O[C@H]2[C@H](O)[C@@H](O)C(O)O[C@@H]2CO)[C@H](O)[C@@H](O)[C@H]1O.